The lowest BCUT2D eigenvalue weighted by Gasteiger charge is -2.69. The Hall–Kier alpha value is -0.320. The molecule has 4 N–H and O–H groups in total. The number of piperidine rings is 1. The number of fused-ring (bicyclic) bond motifs is 2. The van der Waals surface area contributed by atoms with E-state index in [1.165, 1.54) is 0 Å². The zero-order chi connectivity index (χ0) is 22.8. The number of hydrogen-bond donors (Lipinski definition) is 4. The summed E-state index contributed by atoms with van der Waals surface area (Å²) in [5.41, 5.74) is -2.24. The summed E-state index contributed by atoms with van der Waals surface area (Å²) < 4.78 is 17.7. The summed E-state index contributed by atoms with van der Waals surface area (Å²) in [6.07, 6.45) is -1.22. The Bertz CT molecular complexity index is 783. The molecule has 6 aliphatic rings. The molecule has 0 radical (unpaired) electrons. The molecule has 6 rings (SSSR count). The molecule has 182 valence electrons. The molecule has 1 spiro atoms. The van der Waals surface area contributed by atoms with E-state index >= 15 is 0 Å². The summed E-state index contributed by atoms with van der Waals surface area (Å²) in [7, 11) is 4.98. The highest BCUT2D eigenvalue weighted by Crippen LogP contribution is 2.79. The second kappa shape index (κ2) is 6.88. The minimum absolute atomic E-state index is 0.000250. The third-order valence-electron chi connectivity index (χ3n) is 11.2. The van der Waals surface area contributed by atoms with Gasteiger partial charge in [0.05, 0.1) is 31.0 Å². The van der Waals surface area contributed by atoms with Crippen molar-refractivity contribution in [2.45, 2.75) is 68.3 Å². The van der Waals surface area contributed by atoms with E-state index in [9.17, 15) is 20.4 Å². The van der Waals surface area contributed by atoms with E-state index in [0.717, 1.165) is 19.5 Å². The predicted octanol–water partition coefficient (Wildman–Crippen LogP) is -0.527. The highest BCUT2D eigenvalue weighted by atomic mass is 16.5. The summed E-state index contributed by atoms with van der Waals surface area (Å²) >= 11 is 0. The average molecular weight is 454 g/mol. The Morgan fingerprint density at radius 2 is 1.75 bits per heavy atom. The van der Waals surface area contributed by atoms with Crippen LogP contribution in [0.3, 0.4) is 0 Å². The second-order valence-corrected chi connectivity index (χ2v) is 11.6. The molecule has 5 saturated carbocycles. The molecule has 5 unspecified atom stereocenters. The lowest BCUT2D eigenvalue weighted by Crippen LogP contribution is -2.78. The molecule has 1 aliphatic heterocycles. The summed E-state index contributed by atoms with van der Waals surface area (Å²) in [4.78, 5) is 2.42. The van der Waals surface area contributed by atoms with E-state index in [1.807, 2.05) is 0 Å². The van der Waals surface area contributed by atoms with Crippen LogP contribution in [0, 0.1) is 40.4 Å². The number of rotatable bonds is 5. The molecule has 6 fully saturated rings. The fourth-order valence-electron chi connectivity index (χ4n) is 10.7. The van der Waals surface area contributed by atoms with Gasteiger partial charge in [0.1, 0.15) is 11.7 Å². The monoisotopic (exact) mass is 453 g/mol. The van der Waals surface area contributed by atoms with Crippen molar-refractivity contribution in [3.8, 4) is 0 Å². The van der Waals surface area contributed by atoms with Gasteiger partial charge in [-0.15, -0.1) is 0 Å². The third-order valence-corrected chi connectivity index (χ3v) is 11.2. The minimum atomic E-state index is -1.54. The molecule has 1 heterocycles. The van der Waals surface area contributed by atoms with Crippen molar-refractivity contribution in [2.75, 3.05) is 41.0 Å². The third kappa shape index (κ3) is 2.07. The van der Waals surface area contributed by atoms with Gasteiger partial charge in [0.25, 0.3) is 0 Å². The maximum absolute atomic E-state index is 12.5. The minimum Gasteiger partial charge on any atom is -0.392 e. The van der Waals surface area contributed by atoms with E-state index < -0.39 is 47.3 Å². The van der Waals surface area contributed by atoms with Gasteiger partial charge in [0.2, 0.25) is 0 Å². The molecule has 8 nitrogen and oxygen atoms in total. The van der Waals surface area contributed by atoms with Crippen LogP contribution in [0.4, 0.5) is 0 Å². The Labute approximate surface area is 189 Å². The number of ether oxygens (including phenoxy) is 3. The van der Waals surface area contributed by atoms with Crippen molar-refractivity contribution in [3.63, 3.8) is 0 Å². The smallest absolute Gasteiger partial charge is 0.110 e. The van der Waals surface area contributed by atoms with Gasteiger partial charge in [-0.05, 0) is 31.7 Å². The summed E-state index contributed by atoms with van der Waals surface area (Å²) in [5, 5.41) is 47.3. The first kappa shape index (κ1) is 22.2. The molecule has 0 amide bonds. The van der Waals surface area contributed by atoms with Crippen molar-refractivity contribution in [3.05, 3.63) is 0 Å². The Kier molecular flexibility index (Phi) is 4.76. The highest BCUT2D eigenvalue weighted by molar-refractivity contribution is 5.36. The first-order chi connectivity index (χ1) is 15.3. The quantitative estimate of drug-likeness (QED) is 0.440. The Morgan fingerprint density at radius 1 is 1.03 bits per heavy atom. The maximum Gasteiger partial charge on any atom is 0.110 e. The van der Waals surface area contributed by atoms with Crippen LogP contribution in [0.15, 0.2) is 0 Å². The number of likely N-dealkylation sites (tertiary alicyclic amines) is 1. The molecule has 0 aromatic rings. The SMILES string of the molecule is CCN1C[C@]2(COC)CCC(O)C34C1C(C(OC)[C@@H]32)[C@]1(O)[C@H]2[C@@H](O)[C@H](C[C@H]24)[C@@H](OC)[C@@H]1O. The lowest BCUT2D eigenvalue weighted by molar-refractivity contribution is -0.297. The van der Waals surface area contributed by atoms with E-state index in [4.69, 9.17) is 14.2 Å². The zero-order valence-electron chi connectivity index (χ0n) is 19.6. The maximum atomic E-state index is 12.5. The standard InChI is InChI=1S/C24H39NO7/c1-5-25-9-22(10-30-2)7-6-13(26)23-12-8-11-16(27)14(12)24(29,21(28)17(11)31-3)15(20(23)25)18(32-4)19(22)23/h11-21,26-29H,5-10H2,1-4H3/t11-,12+,13?,14+,15?,16-,17+,18?,19+,20?,21-,22-,23?,24+/m0/s1. The van der Waals surface area contributed by atoms with Crippen LogP contribution in [0.5, 0.6) is 0 Å². The van der Waals surface area contributed by atoms with Crippen LogP contribution in [-0.2, 0) is 14.2 Å². The van der Waals surface area contributed by atoms with Gasteiger partial charge in [-0.25, -0.2) is 0 Å². The van der Waals surface area contributed by atoms with Crippen LogP contribution < -0.4 is 0 Å². The Balaban J connectivity index is 1.64. The van der Waals surface area contributed by atoms with Gasteiger partial charge < -0.3 is 34.6 Å². The fraction of sp³-hybridized carbons (Fsp3) is 1.00. The fourth-order valence-corrected chi connectivity index (χ4v) is 10.7. The second-order valence-electron chi connectivity index (χ2n) is 11.6. The highest BCUT2D eigenvalue weighted by Gasteiger charge is 2.87. The van der Waals surface area contributed by atoms with Gasteiger partial charge in [-0.1, -0.05) is 6.92 Å². The number of aliphatic hydroxyl groups excluding tert-OH is 3. The molecule has 0 aromatic carbocycles. The molecule has 1 saturated heterocycles. The van der Waals surface area contributed by atoms with Crippen LogP contribution >= 0.6 is 0 Å². The van der Waals surface area contributed by atoms with Crippen LogP contribution in [0.25, 0.3) is 0 Å². The number of methoxy groups -OCH3 is 3. The van der Waals surface area contributed by atoms with Gasteiger partial charge in [-0.3, -0.25) is 4.90 Å². The molecule has 14 atom stereocenters. The van der Waals surface area contributed by atoms with Crippen LogP contribution in [0.2, 0.25) is 0 Å². The molecular formula is C24H39NO7. The van der Waals surface area contributed by atoms with Gasteiger partial charge in [-0.2, -0.15) is 0 Å². The molecule has 7 bridgehead atoms. The normalized spacial score (nSPS) is 62.4. The molecule has 8 heteroatoms. The first-order valence-electron chi connectivity index (χ1n) is 12.3. The van der Waals surface area contributed by atoms with Crippen molar-refractivity contribution < 1.29 is 34.6 Å². The largest absolute Gasteiger partial charge is 0.392 e. The van der Waals surface area contributed by atoms with Gasteiger partial charge in [0.15, 0.2) is 0 Å². The number of nitrogens with zero attached hydrogens (tertiary/aromatic N) is 1. The molecule has 5 aliphatic carbocycles. The van der Waals surface area contributed by atoms with Gasteiger partial charge >= 0.3 is 0 Å². The summed E-state index contributed by atoms with van der Waals surface area (Å²) in [5.74, 6) is -1.29. The zero-order valence-corrected chi connectivity index (χ0v) is 19.6. The Morgan fingerprint density at radius 3 is 2.38 bits per heavy atom. The van der Waals surface area contributed by atoms with Crippen LogP contribution in [0.1, 0.15) is 26.2 Å². The molecule has 32 heavy (non-hydrogen) atoms. The van der Waals surface area contributed by atoms with Crippen molar-refractivity contribution >= 4 is 0 Å². The molecule has 0 aromatic heterocycles. The van der Waals surface area contributed by atoms with E-state index in [1.54, 1.807) is 21.3 Å². The average Bonchev–Trinajstić information content (AvgIpc) is 3.19. The number of aliphatic hydroxyl groups is 4. The van der Waals surface area contributed by atoms with Crippen molar-refractivity contribution in [2.24, 2.45) is 40.4 Å². The number of hydrogen-bond acceptors (Lipinski definition) is 8. The summed E-state index contributed by atoms with van der Waals surface area (Å²) in [6, 6.07) is -0.120. The van der Waals surface area contributed by atoms with Crippen molar-refractivity contribution in [1.29, 1.82) is 0 Å². The van der Waals surface area contributed by atoms with E-state index in [2.05, 4.69) is 11.8 Å². The lowest BCUT2D eigenvalue weighted by atomic mass is 9.43. The van der Waals surface area contributed by atoms with Crippen LogP contribution in [-0.4, -0.2) is 109 Å². The van der Waals surface area contributed by atoms with E-state index in [0.29, 0.717) is 19.4 Å². The molecular weight excluding hydrogens is 414 g/mol. The van der Waals surface area contributed by atoms with E-state index in [-0.39, 0.29) is 35.3 Å². The van der Waals surface area contributed by atoms with Crippen molar-refractivity contribution in [1.82, 2.24) is 4.90 Å². The first-order valence-corrected chi connectivity index (χ1v) is 12.3. The topological polar surface area (TPSA) is 112 Å². The van der Waals surface area contributed by atoms with Gasteiger partial charge in [0, 0.05) is 68.4 Å². The predicted molar refractivity (Wildman–Crippen MR) is 114 cm³/mol. The summed E-state index contributed by atoms with van der Waals surface area (Å²) in [6.45, 7) is 4.33.